The highest BCUT2D eigenvalue weighted by molar-refractivity contribution is 6.40. The third kappa shape index (κ3) is 21.4. The van der Waals surface area contributed by atoms with E-state index in [9.17, 15) is 0 Å². The lowest BCUT2D eigenvalue weighted by Crippen LogP contribution is -2.21. The third-order valence-corrected chi connectivity index (χ3v) is 23.4. The van der Waals surface area contributed by atoms with Crippen molar-refractivity contribution in [3.05, 3.63) is 427 Å². The van der Waals surface area contributed by atoms with Crippen molar-refractivity contribution in [2.45, 2.75) is 96.9 Å². The summed E-state index contributed by atoms with van der Waals surface area (Å²) in [4.78, 5) is 0. The molecule has 0 aliphatic carbocycles. The van der Waals surface area contributed by atoms with Crippen molar-refractivity contribution >= 4 is 121 Å². The first-order valence-corrected chi connectivity index (χ1v) is 43.4. The van der Waals surface area contributed by atoms with Gasteiger partial charge in [-0.15, -0.1) is 0 Å². The molecule has 626 valence electrons. The van der Waals surface area contributed by atoms with Crippen LogP contribution in [0, 0.1) is 62.3 Å². The second-order valence-corrected chi connectivity index (χ2v) is 33.3. The van der Waals surface area contributed by atoms with E-state index in [0.717, 1.165) is 79.6 Å². The molecule has 0 saturated heterocycles. The minimum absolute atomic E-state index is 0.400. The number of hydrogen-bond acceptors (Lipinski definition) is 5. The van der Waals surface area contributed by atoms with E-state index in [1.54, 1.807) is 12.1 Å². The number of aryl methyl sites for hydroxylation is 9. The predicted molar refractivity (Wildman–Crippen MR) is 521 cm³/mol. The number of nitrogens with zero attached hydrogens (tertiary/aromatic N) is 5. The molecule has 0 amide bonds. The van der Waals surface area contributed by atoms with Gasteiger partial charge >= 0.3 is 0 Å². The first-order chi connectivity index (χ1) is 60.5. The van der Waals surface area contributed by atoms with Gasteiger partial charge in [0, 0.05) is 153 Å². The SMILES string of the molecule is CC1=[N+](c2ccccc2)COC(c2c(-c3ccccc3)cc(-c3ccccc3)cc2-c2ccccc2)=C1.CC1=[N+](c2ccccc2)COC(c2c(C)cc(C)cc2C)=C1.CC1=[N+](c2ccccc2)COC(c2c(C)cc(C)cc2C)=C1.CC1=[N+](c2ccccc2)COC(c2c(C)cc(C)cc2C)=C1.CC1=[N+](c2ccccc2)COC(c2c(Cl)cc(Cl)cc2Cl)=C1. The van der Waals surface area contributed by atoms with Crippen LogP contribution in [-0.2, 0) is 23.7 Å². The fourth-order valence-electron chi connectivity index (χ4n) is 16.8. The third-order valence-electron chi connectivity index (χ3n) is 22.6. The zero-order valence-electron chi connectivity index (χ0n) is 73.7. The Morgan fingerprint density at radius 3 is 0.632 bits per heavy atom. The quantitative estimate of drug-likeness (QED) is 0.108. The van der Waals surface area contributed by atoms with Gasteiger partial charge in [-0.05, 0) is 153 Å². The maximum atomic E-state index is 6.54. The van der Waals surface area contributed by atoms with Crippen LogP contribution in [0.25, 0.3) is 62.2 Å². The summed E-state index contributed by atoms with van der Waals surface area (Å²) in [5.41, 5.74) is 35.4. The van der Waals surface area contributed by atoms with Crippen LogP contribution in [-0.4, -0.2) is 85.1 Å². The summed E-state index contributed by atoms with van der Waals surface area (Å²) in [6.45, 7) is 32.4. The molecule has 0 bridgehead atoms. The van der Waals surface area contributed by atoms with Crippen molar-refractivity contribution in [2.24, 2.45) is 0 Å². The van der Waals surface area contributed by atoms with Crippen LogP contribution in [0.2, 0.25) is 15.1 Å². The van der Waals surface area contributed by atoms with Crippen LogP contribution in [0.5, 0.6) is 0 Å². The van der Waals surface area contributed by atoms with Gasteiger partial charge in [-0.25, -0.2) is 0 Å². The van der Waals surface area contributed by atoms with E-state index < -0.39 is 0 Å². The van der Waals surface area contributed by atoms with Gasteiger partial charge in [0.05, 0.1) is 15.6 Å². The largest absolute Gasteiger partial charge is 0.435 e. The van der Waals surface area contributed by atoms with Crippen LogP contribution in [0.15, 0.2) is 334 Å². The molecule has 10 nitrogen and oxygen atoms in total. The molecule has 0 atom stereocenters. The lowest BCUT2D eigenvalue weighted by Gasteiger charge is -2.22. The second-order valence-electron chi connectivity index (χ2n) is 32.0. The van der Waals surface area contributed by atoms with Crippen LogP contribution < -0.4 is 0 Å². The molecule has 0 saturated carbocycles. The fraction of sp³-hybridized carbons (Fsp3) is 0.170. The molecule has 5 aliphatic rings. The molecule has 0 radical (unpaired) electrons. The first kappa shape index (κ1) is 88.1. The molecular weight excluding hydrogens is 1600 g/mol. The highest BCUT2D eigenvalue weighted by atomic mass is 35.5. The van der Waals surface area contributed by atoms with Crippen molar-refractivity contribution in [3.63, 3.8) is 0 Å². The van der Waals surface area contributed by atoms with Gasteiger partial charge in [-0.1, -0.05) is 270 Å². The van der Waals surface area contributed by atoms with Gasteiger partial charge in [0.1, 0.15) is 28.8 Å². The normalized spacial score (nSPS) is 14.2. The molecule has 5 heterocycles. The van der Waals surface area contributed by atoms with Crippen molar-refractivity contribution in [3.8, 4) is 33.4 Å². The Bertz CT molecular complexity index is 5780. The van der Waals surface area contributed by atoms with Crippen molar-refractivity contribution in [1.82, 2.24) is 0 Å². The monoisotopic (exact) mass is 1710 g/mol. The smallest absolute Gasteiger partial charge is 0.292 e. The lowest BCUT2D eigenvalue weighted by molar-refractivity contribution is -0.485. The van der Waals surface area contributed by atoms with Gasteiger partial charge in [0.15, 0.2) is 28.6 Å². The van der Waals surface area contributed by atoms with Gasteiger partial charge in [-0.3, -0.25) is 0 Å². The topological polar surface area (TPSA) is 61.2 Å². The van der Waals surface area contributed by atoms with E-state index in [0.29, 0.717) is 60.0 Å². The van der Waals surface area contributed by atoms with Crippen LogP contribution >= 0.6 is 34.8 Å². The minimum Gasteiger partial charge on any atom is -0.435 e. The molecule has 13 aromatic carbocycles. The Labute approximate surface area is 752 Å². The summed E-state index contributed by atoms with van der Waals surface area (Å²) in [7, 11) is 0. The van der Waals surface area contributed by atoms with Gasteiger partial charge < -0.3 is 23.7 Å². The average Bonchev–Trinajstić information content (AvgIpc) is 0.755. The zero-order valence-corrected chi connectivity index (χ0v) is 76.0. The number of halogens is 3. The Hall–Kier alpha value is -13.2. The summed E-state index contributed by atoms with van der Waals surface area (Å²) in [5, 5.41) is 1.45. The molecule has 13 heteroatoms. The Morgan fingerprint density at radius 2 is 0.408 bits per heavy atom. The van der Waals surface area contributed by atoms with E-state index in [1.165, 1.54) is 106 Å². The Balaban J connectivity index is 0.000000130. The summed E-state index contributed by atoms with van der Waals surface area (Å²) < 4.78 is 41.4. The van der Waals surface area contributed by atoms with Crippen LogP contribution in [0.1, 0.15) is 113 Å². The first-order valence-electron chi connectivity index (χ1n) is 42.3. The summed E-state index contributed by atoms with van der Waals surface area (Å²) >= 11 is 18.5. The van der Waals surface area contributed by atoms with Gasteiger partial charge in [-0.2, -0.15) is 22.9 Å². The van der Waals surface area contributed by atoms with Crippen LogP contribution in [0.3, 0.4) is 0 Å². The van der Waals surface area contributed by atoms with Crippen LogP contribution in [0.4, 0.5) is 28.4 Å². The molecule has 0 aromatic heterocycles. The van der Waals surface area contributed by atoms with E-state index in [1.807, 2.05) is 67.6 Å². The summed E-state index contributed by atoms with van der Waals surface area (Å²) in [6.07, 6.45) is 10.5. The maximum absolute atomic E-state index is 6.54. The Kier molecular flexibility index (Phi) is 28.8. The fourth-order valence-corrected chi connectivity index (χ4v) is 17.8. The molecule has 0 N–H and O–H groups in total. The number of ether oxygens (including phenoxy) is 5. The molecule has 125 heavy (non-hydrogen) atoms. The number of hydrogen-bond donors (Lipinski definition) is 0. The van der Waals surface area contributed by atoms with Crippen molar-refractivity contribution in [1.29, 1.82) is 0 Å². The van der Waals surface area contributed by atoms with E-state index in [2.05, 4.69) is 374 Å². The highest BCUT2D eigenvalue weighted by Crippen LogP contribution is 2.44. The molecule has 0 fully saturated rings. The second kappa shape index (κ2) is 40.9. The average molecular weight is 1710 g/mol. The maximum Gasteiger partial charge on any atom is 0.292 e. The summed E-state index contributed by atoms with van der Waals surface area (Å²) in [6, 6.07) is 105. The predicted octanol–water partition coefficient (Wildman–Crippen LogP) is 28.8. The summed E-state index contributed by atoms with van der Waals surface area (Å²) in [5.74, 6) is 4.46. The lowest BCUT2D eigenvalue weighted by atomic mass is 9.86. The molecule has 0 unspecified atom stereocenters. The van der Waals surface area contributed by atoms with E-state index in [4.69, 9.17) is 58.5 Å². The Morgan fingerprint density at radius 1 is 0.208 bits per heavy atom. The number of para-hydroxylation sites is 5. The number of benzene rings is 13. The molecule has 0 spiro atoms. The standard InChI is InChI=1S/C35H28NO.3C20H22NO.C17H13Cl3NO/c1-26-22-34(37-25-36(26)31-20-12-5-13-21-31)35-32(28-16-8-3-9-17-28)23-30(27-14-6-2-7-15-27)24-33(35)29-18-10-4-11-19-29;3*1-14-10-15(2)20(16(3)11-14)19-12-17(4)21(13-22-19)18-8-6-5-7-9-18;1-11-7-16(17-14(19)8-12(18)9-15(17)20)22-10-21(11)13-5-3-2-4-6-13/h2-24H,25H2,1H3;3*5-12H,13H2,1-4H3;2-9H,10H2,1H3/q5*+1. The van der Waals surface area contributed by atoms with Crippen molar-refractivity contribution in [2.75, 3.05) is 33.7 Å². The number of rotatable bonds is 13. The number of allylic oxidation sites excluding steroid dienone is 5. The molecule has 5 aliphatic heterocycles. The van der Waals surface area contributed by atoms with E-state index >= 15 is 0 Å². The zero-order chi connectivity index (χ0) is 87.8. The van der Waals surface area contributed by atoms with Gasteiger partial charge in [0.2, 0.25) is 28.4 Å². The van der Waals surface area contributed by atoms with Crippen molar-refractivity contribution < 1.29 is 46.6 Å². The minimum atomic E-state index is 0.400. The molecular formula is C112H107Cl3N5O5+5. The molecule has 13 aromatic rings. The molecule has 18 rings (SSSR count). The highest BCUT2D eigenvalue weighted by Gasteiger charge is 2.31. The van der Waals surface area contributed by atoms with E-state index in [-0.39, 0.29) is 0 Å². The van der Waals surface area contributed by atoms with Gasteiger partial charge in [0.25, 0.3) is 33.7 Å².